The molecule has 0 radical (unpaired) electrons. The van der Waals surface area contributed by atoms with Gasteiger partial charge in [0.1, 0.15) is 0 Å². The van der Waals surface area contributed by atoms with Gasteiger partial charge >= 0.3 is 0 Å². The maximum absolute atomic E-state index is 4.61. The molecule has 0 amide bonds. The van der Waals surface area contributed by atoms with E-state index in [1.807, 2.05) is 6.07 Å². The van der Waals surface area contributed by atoms with Gasteiger partial charge < -0.3 is 0 Å². The molecule has 0 aliphatic carbocycles. The first-order valence-corrected chi connectivity index (χ1v) is 7.05. The number of hydrogen-bond acceptors (Lipinski definition) is 3. The fourth-order valence-corrected chi connectivity index (χ4v) is 3.64. The smallest absolute Gasteiger partial charge is 0.155 e. The Morgan fingerprint density at radius 3 is 2.53 bits per heavy atom. The van der Waals surface area contributed by atoms with E-state index in [1.165, 1.54) is 15.2 Å². The third-order valence-corrected chi connectivity index (χ3v) is 4.61. The summed E-state index contributed by atoms with van der Waals surface area (Å²) in [5, 5.41) is 0. The summed E-state index contributed by atoms with van der Waals surface area (Å²) in [5.41, 5.74) is 2.38. The van der Waals surface area contributed by atoms with Crippen LogP contribution in [-0.2, 0) is 0 Å². The normalized spacial score (nSPS) is 10.9. The summed E-state index contributed by atoms with van der Waals surface area (Å²) in [7, 11) is 0. The summed E-state index contributed by atoms with van der Waals surface area (Å²) in [5.74, 6) is 0. The molecule has 0 saturated heterocycles. The Kier molecular flexibility index (Phi) is 2.87. The van der Waals surface area contributed by atoms with E-state index in [0.29, 0.717) is 0 Å². The average Bonchev–Trinajstić information content (AvgIpc) is 2.74. The lowest BCUT2D eigenvalue weighted by molar-refractivity contribution is 1.29. The lowest BCUT2D eigenvalue weighted by Crippen LogP contribution is -1.73. The first-order valence-electron chi connectivity index (χ1n) is 5.41. The zero-order valence-corrected chi connectivity index (χ0v) is 11.0. The summed E-state index contributed by atoms with van der Waals surface area (Å²) in [4.78, 5) is 5.86. The number of hydrogen-bond donors (Lipinski definition) is 0. The van der Waals surface area contributed by atoms with Crippen molar-refractivity contribution in [2.45, 2.75) is 16.2 Å². The minimum atomic E-state index is 1.09. The molecule has 0 aliphatic heterocycles. The number of rotatable bonds is 2. The Labute approximate surface area is 109 Å². The maximum Gasteiger partial charge on any atom is 0.155 e. The van der Waals surface area contributed by atoms with Crippen molar-refractivity contribution < 1.29 is 0 Å². The first kappa shape index (κ1) is 10.8. The van der Waals surface area contributed by atoms with Crippen molar-refractivity contribution in [2.75, 3.05) is 0 Å². The fraction of sp³-hybridized carbons (Fsp3) is 0.0714. The van der Waals surface area contributed by atoms with Crippen LogP contribution in [0.5, 0.6) is 0 Å². The Bertz CT molecular complexity index is 608. The molecule has 1 heterocycles. The van der Waals surface area contributed by atoms with E-state index in [9.17, 15) is 0 Å². The molecule has 84 valence electrons. The highest BCUT2D eigenvalue weighted by molar-refractivity contribution is 8.01. The van der Waals surface area contributed by atoms with Crippen molar-refractivity contribution in [2.24, 2.45) is 0 Å². The van der Waals surface area contributed by atoms with Crippen molar-refractivity contribution in [3.05, 3.63) is 54.1 Å². The fourth-order valence-electron chi connectivity index (χ4n) is 1.60. The zero-order chi connectivity index (χ0) is 11.7. The Balaban J connectivity index is 1.92. The van der Waals surface area contributed by atoms with Crippen LogP contribution in [-0.4, -0.2) is 4.98 Å². The van der Waals surface area contributed by atoms with Crippen LogP contribution in [0.15, 0.2) is 57.8 Å². The minimum Gasteiger partial charge on any atom is -0.229 e. The molecule has 1 nitrogen and oxygen atoms in total. The minimum absolute atomic E-state index is 1.09. The van der Waals surface area contributed by atoms with Gasteiger partial charge in [-0.15, -0.1) is 11.3 Å². The molecule has 2 aromatic carbocycles. The molecular formula is C14H11NS2. The highest BCUT2D eigenvalue weighted by Gasteiger charge is 2.04. The number of aromatic nitrogens is 1. The van der Waals surface area contributed by atoms with Gasteiger partial charge in [-0.05, 0) is 31.2 Å². The van der Waals surface area contributed by atoms with Gasteiger partial charge in [0.05, 0.1) is 10.2 Å². The number of nitrogens with zero attached hydrogens (tertiary/aromatic N) is 1. The van der Waals surface area contributed by atoms with Gasteiger partial charge in [0.2, 0.25) is 0 Å². The average molecular weight is 257 g/mol. The first-order chi connectivity index (χ1) is 8.31. The van der Waals surface area contributed by atoms with Crippen molar-refractivity contribution >= 4 is 33.3 Å². The van der Waals surface area contributed by atoms with Crippen molar-refractivity contribution in [1.82, 2.24) is 4.98 Å². The molecule has 3 aromatic rings. The lowest BCUT2D eigenvalue weighted by Gasteiger charge is -1.97. The van der Waals surface area contributed by atoms with Gasteiger partial charge in [-0.1, -0.05) is 41.6 Å². The SMILES string of the molecule is Cc1ccc(Sc2nc3ccccc3s2)cc1. The second-order valence-electron chi connectivity index (χ2n) is 3.86. The standard InChI is InChI=1S/C14H11NS2/c1-10-6-8-11(9-7-10)16-14-15-12-4-2-3-5-13(12)17-14/h2-9H,1H3. The van der Waals surface area contributed by atoms with Gasteiger partial charge in [-0.25, -0.2) is 4.98 Å². The van der Waals surface area contributed by atoms with Crippen LogP contribution >= 0.6 is 23.1 Å². The van der Waals surface area contributed by atoms with Crippen LogP contribution < -0.4 is 0 Å². The number of fused-ring (bicyclic) bond motifs is 1. The Morgan fingerprint density at radius 1 is 1.00 bits per heavy atom. The van der Waals surface area contributed by atoms with Crippen molar-refractivity contribution in [3.8, 4) is 0 Å². The summed E-state index contributed by atoms with van der Waals surface area (Å²) in [6.07, 6.45) is 0. The summed E-state index contributed by atoms with van der Waals surface area (Å²) in [6, 6.07) is 16.8. The van der Waals surface area contributed by atoms with Crippen LogP contribution in [0.2, 0.25) is 0 Å². The number of thiazole rings is 1. The molecule has 0 saturated carbocycles. The Morgan fingerprint density at radius 2 is 1.76 bits per heavy atom. The van der Waals surface area contributed by atoms with E-state index in [-0.39, 0.29) is 0 Å². The highest BCUT2D eigenvalue weighted by Crippen LogP contribution is 2.34. The number of benzene rings is 2. The summed E-state index contributed by atoms with van der Waals surface area (Å²) in [6.45, 7) is 2.10. The molecule has 0 bridgehead atoms. The van der Waals surface area contributed by atoms with Crippen molar-refractivity contribution in [3.63, 3.8) is 0 Å². The topological polar surface area (TPSA) is 12.9 Å². The molecule has 0 spiro atoms. The molecule has 0 fully saturated rings. The third kappa shape index (κ3) is 2.35. The van der Waals surface area contributed by atoms with E-state index in [4.69, 9.17) is 0 Å². The van der Waals surface area contributed by atoms with Crippen LogP contribution in [0.1, 0.15) is 5.56 Å². The molecule has 3 heteroatoms. The number of para-hydroxylation sites is 1. The molecule has 0 N–H and O–H groups in total. The molecule has 0 aliphatic rings. The quantitative estimate of drug-likeness (QED) is 0.656. The van der Waals surface area contributed by atoms with Gasteiger partial charge in [0.15, 0.2) is 4.34 Å². The molecule has 3 rings (SSSR count). The lowest BCUT2D eigenvalue weighted by atomic mass is 10.2. The van der Waals surface area contributed by atoms with Crippen LogP contribution in [0.25, 0.3) is 10.2 Å². The monoisotopic (exact) mass is 257 g/mol. The third-order valence-electron chi connectivity index (χ3n) is 2.50. The molecule has 0 unspecified atom stereocenters. The summed E-state index contributed by atoms with van der Waals surface area (Å²) < 4.78 is 2.36. The van der Waals surface area contributed by atoms with E-state index in [2.05, 4.69) is 54.4 Å². The van der Waals surface area contributed by atoms with E-state index < -0.39 is 0 Å². The second-order valence-corrected chi connectivity index (χ2v) is 6.21. The zero-order valence-electron chi connectivity index (χ0n) is 9.38. The molecule has 17 heavy (non-hydrogen) atoms. The molecular weight excluding hydrogens is 246 g/mol. The van der Waals surface area contributed by atoms with Gasteiger partial charge in [-0.2, -0.15) is 0 Å². The summed E-state index contributed by atoms with van der Waals surface area (Å²) >= 11 is 3.48. The van der Waals surface area contributed by atoms with E-state index in [0.717, 1.165) is 9.86 Å². The highest BCUT2D eigenvalue weighted by atomic mass is 32.2. The van der Waals surface area contributed by atoms with Crippen LogP contribution in [0.3, 0.4) is 0 Å². The second kappa shape index (κ2) is 4.51. The Hall–Kier alpha value is -1.32. The van der Waals surface area contributed by atoms with E-state index >= 15 is 0 Å². The van der Waals surface area contributed by atoms with E-state index in [1.54, 1.807) is 23.1 Å². The van der Waals surface area contributed by atoms with Gasteiger partial charge in [-0.3, -0.25) is 0 Å². The molecule has 0 atom stereocenters. The molecule has 1 aromatic heterocycles. The largest absolute Gasteiger partial charge is 0.229 e. The van der Waals surface area contributed by atoms with Crippen molar-refractivity contribution in [1.29, 1.82) is 0 Å². The van der Waals surface area contributed by atoms with Gasteiger partial charge in [0.25, 0.3) is 0 Å². The number of aryl methyl sites for hydroxylation is 1. The predicted octanol–water partition coefficient (Wildman–Crippen LogP) is 4.76. The van der Waals surface area contributed by atoms with Crippen LogP contribution in [0.4, 0.5) is 0 Å². The predicted molar refractivity (Wildman–Crippen MR) is 74.9 cm³/mol. The maximum atomic E-state index is 4.61. The van der Waals surface area contributed by atoms with Gasteiger partial charge in [0, 0.05) is 4.90 Å². The van der Waals surface area contributed by atoms with Crippen LogP contribution in [0, 0.1) is 6.92 Å².